The monoisotopic (exact) mass is 233 g/mol. The summed E-state index contributed by atoms with van der Waals surface area (Å²) in [6.45, 7) is 7.70. The lowest BCUT2D eigenvalue weighted by molar-refractivity contribution is 0.292. The fourth-order valence-corrected chi connectivity index (χ4v) is 1.64. The summed E-state index contributed by atoms with van der Waals surface area (Å²) < 4.78 is 0. The van der Waals surface area contributed by atoms with Gasteiger partial charge >= 0.3 is 0 Å². The number of hydrogen-bond donors (Lipinski definition) is 0. The van der Waals surface area contributed by atoms with E-state index in [9.17, 15) is 0 Å². The fraction of sp³-hybridized carbons (Fsp3) is 0.583. The maximum Gasteiger partial charge on any atom is 0.0547 e. The van der Waals surface area contributed by atoms with Crippen molar-refractivity contribution in [1.82, 2.24) is 9.88 Å². The summed E-state index contributed by atoms with van der Waals surface area (Å²) in [5, 5.41) is 3.52. The topological polar surface area (TPSA) is 64.9 Å². The molecule has 0 bridgehead atoms. The molecule has 0 radical (unpaired) electrons. The summed E-state index contributed by atoms with van der Waals surface area (Å²) in [6, 6.07) is 6.02. The van der Waals surface area contributed by atoms with Crippen molar-refractivity contribution in [1.29, 1.82) is 0 Å². The lowest BCUT2D eigenvalue weighted by atomic mass is 10.2. The van der Waals surface area contributed by atoms with Crippen LogP contribution in [0.3, 0.4) is 0 Å². The Balaban J connectivity index is 2.61. The molecule has 0 N–H and O–H groups in total. The van der Waals surface area contributed by atoms with Crippen LogP contribution in [0.5, 0.6) is 0 Å². The zero-order valence-corrected chi connectivity index (χ0v) is 10.5. The van der Waals surface area contributed by atoms with Gasteiger partial charge in [-0.2, -0.15) is 0 Å². The highest BCUT2D eigenvalue weighted by Gasteiger charge is 2.03. The van der Waals surface area contributed by atoms with Crippen LogP contribution in [-0.2, 0) is 13.0 Å². The van der Waals surface area contributed by atoms with Crippen LogP contribution in [0.25, 0.3) is 10.4 Å². The van der Waals surface area contributed by atoms with Crippen molar-refractivity contribution in [2.24, 2.45) is 5.11 Å². The molecule has 0 aliphatic heterocycles. The molecule has 0 saturated carbocycles. The number of pyridine rings is 1. The third kappa shape index (κ3) is 4.85. The molecule has 0 fully saturated rings. The molecule has 0 aromatic carbocycles. The van der Waals surface area contributed by atoms with Gasteiger partial charge in [-0.1, -0.05) is 25.0 Å². The minimum absolute atomic E-state index is 0.470. The standard InChI is InChI=1S/C12H19N5/c1-3-17(4-2)10-12-7-5-6-11(15-12)8-9-14-16-13/h5-7H,3-4,8-10H2,1-2H3. The van der Waals surface area contributed by atoms with Crippen LogP contribution in [0.1, 0.15) is 25.2 Å². The number of rotatable bonds is 7. The van der Waals surface area contributed by atoms with Crippen LogP contribution in [-0.4, -0.2) is 29.5 Å². The Morgan fingerprint density at radius 2 is 2.00 bits per heavy atom. The highest BCUT2D eigenvalue weighted by atomic mass is 15.1. The van der Waals surface area contributed by atoms with Gasteiger partial charge in [0.15, 0.2) is 0 Å². The Kier molecular flexibility index (Phi) is 6.07. The summed E-state index contributed by atoms with van der Waals surface area (Å²) >= 11 is 0. The van der Waals surface area contributed by atoms with Gasteiger partial charge in [-0.25, -0.2) is 0 Å². The molecule has 5 nitrogen and oxygen atoms in total. The Hall–Kier alpha value is -1.58. The molecule has 92 valence electrons. The van der Waals surface area contributed by atoms with E-state index in [0.29, 0.717) is 13.0 Å². The molecule has 0 spiro atoms. The molecule has 0 aliphatic rings. The largest absolute Gasteiger partial charge is 0.298 e. The lowest BCUT2D eigenvalue weighted by Crippen LogP contribution is -2.22. The lowest BCUT2D eigenvalue weighted by Gasteiger charge is -2.17. The zero-order valence-electron chi connectivity index (χ0n) is 10.5. The summed E-state index contributed by atoms with van der Waals surface area (Å²) in [6.07, 6.45) is 0.705. The number of aromatic nitrogens is 1. The van der Waals surface area contributed by atoms with E-state index >= 15 is 0 Å². The third-order valence-corrected chi connectivity index (χ3v) is 2.68. The van der Waals surface area contributed by atoms with Gasteiger partial charge in [0.05, 0.1) is 5.69 Å². The molecule has 5 heteroatoms. The van der Waals surface area contributed by atoms with Crippen LogP contribution in [0, 0.1) is 0 Å². The van der Waals surface area contributed by atoms with E-state index in [1.165, 1.54) is 0 Å². The van der Waals surface area contributed by atoms with E-state index in [1.54, 1.807) is 0 Å². The second-order valence-electron chi connectivity index (χ2n) is 3.79. The Bertz CT molecular complexity index is 380. The average molecular weight is 233 g/mol. The Labute approximate surface area is 102 Å². The van der Waals surface area contributed by atoms with Crippen molar-refractivity contribution in [3.05, 3.63) is 40.0 Å². The number of nitrogens with zero attached hydrogens (tertiary/aromatic N) is 5. The van der Waals surface area contributed by atoms with Crippen molar-refractivity contribution < 1.29 is 0 Å². The van der Waals surface area contributed by atoms with Gasteiger partial charge in [0, 0.05) is 23.7 Å². The van der Waals surface area contributed by atoms with Crippen molar-refractivity contribution in [2.75, 3.05) is 19.6 Å². The zero-order chi connectivity index (χ0) is 12.5. The van der Waals surface area contributed by atoms with Crippen LogP contribution < -0.4 is 0 Å². The quantitative estimate of drug-likeness (QED) is 0.413. The summed E-state index contributed by atoms with van der Waals surface area (Å²) in [7, 11) is 0. The molecule has 1 aromatic rings. The molecule has 0 aliphatic carbocycles. The minimum Gasteiger partial charge on any atom is -0.298 e. The Morgan fingerprint density at radius 3 is 2.65 bits per heavy atom. The maximum atomic E-state index is 8.21. The van der Waals surface area contributed by atoms with E-state index in [-0.39, 0.29) is 0 Å². The van der Waals surface area contributed by atoms with Crippen molar-refractivity contribution in [3.8, 4) is 0 Å². The summed E-state index contributed by atoms with van der Waals surface area (Å²) in [5.41, 5.74) is 10.3. The van der Waals surface area contributed by atoms with Gasteiger partial charge < -0.3 is 0 Å². The molecule has 1 aromatic heterocycles. The van der Waals surface area contributed by atoms with Crippen molar-refractivity contribution in [2.45, 2.75) is 26.8 Å². The van der Waals surface area contributed by atoms with Crippen LogP contribution in [0.15, 0.2) is 23.3 Å². The average Bonchev–Trinajstić information content (AvgIpc) is 2.37. The van der Waals surface area contributed by atoms with E-state index in [2.05, 4.69) is 33.8 Å². The van der Waals surface area contributed by atoms with E-state index in [1.807, 2.05) is 18.2 Å². The molecule has 0 unspecified atom stereocenters. The molecular formula is C12H19N5. The minimum atomic E-state index is 0.470. The second-order valence-corrected chi connectivity index (χ2v) is 3.79. The highest BCUT2D eigenvalue weighted by Crippen LogP contribution is 2.04. The molecule has 1 rings (SSSR count). The number of azide groups is 1. The van der Waals surface area contributed by atoms with Gasteiger partial charge in [-0.15, -0.1) is 0 Å². The SMILES string of the molecule is CCN(CC)Cc1cccc(CCN=[N+]=[N-])n1. The van der Waals surface area contributed by atoms with Crippen LogP contribution in [0.4, 0.5) is 0 Å². The van der Waals surface area contributed by atoms with Crippen molar-refractivity contribution >= 4 is 0 Å². The first-order valence-corrected chi connectivity index (χ1v) is 5.98. The number of hydrogen-bond acceptors (Lipinski definition) is 3. The first-order valence-electron chi connectivity index (χ1n) is 5.98. The molecule has 1 heterocycles. The first-order chi connectivity index (χ1) is 8.30. The Morgan fingerprint density at radius 1 is 1.29 bits per heavy atom. The van der Waals surface area contributed by atoms with Gasteiger partial charge in [0.1, 0.15) is 0 Å². The summed E-state index contributed by atoms with van der Waals surface area (Å²) in [5.74, 6) is 0. The molecule has 0 amide bonds. The van der Waals surface area contributed by atoms with Gasteiger partial charge in [0.2, 0.25) is 0 Å². The van der Waals surface area contributed by atoms with Gasteiger partial charge in [-0.05, 0) is 37.2 Å². The van der Waals surface area contributed by atoms with Crippen molar-refractivity contribution in [3.63, 3.8) is 0 Å². The van der Waals surface area contributed by atoms with Crippen LogP contribution >= 0.6 is 0 Å². The van der Waals surface area contributed by atoms with Gasteiger partial charge in [0.25, 0.3) is 0 Å². The van der Waals surface area contributed by atoms with E-state index < -0.39 is 0 Å². The van der Waals surface area contributed by atoms with E-state index in [0.717, 1.165) is 31.0 Å². The molecule has 0 atom stereocenters. The molecule has 17 heavy (non-hydrogen) atoms. The molecular weight excluding hydrogens is 214 g/mol. The first kappa shape index (κ1) is 13.5. The maximum absolute atomic E-state index is 8.21. The summed E-state index contributed by atoms with van der Waals surface area (Å²) in [4.78, 5) is 9.61. The smallest absolute Gasteiger partial charge is 0.0547 e. The van der Waals surface area contributed by atoms with Crippen LogP contribution in [0.2, 0.25) is 0 Å². The fourth-order valence-electron chi connectivity index (χ4n) is 1.64. The van der Waals surface area contributed by atoms with Gasteiger partial charge in [-0.3, -0.25) is 9.88 Å². The second kappa shape index (κ2) is 7.65. The predicted molar refractivity (Wildman–Crippen MR) is 68.6 cm³/mol. The molecule has 0 saturated heterocycles. The highest BCUT2D eigenvalue weighted by molar-refractivity contribution is 5.11. The normalized spacial score (nSPS) is 10.3. The van der Waals surface area contributed by atoms with E-state index in [4.69, 9.17) is 5.53 Å². The predicted octanol–water partition coefficient (Wildman–Crippen LogP) is 2.78. The third-order valence-electron chi connectivity index (χ3n) is 2.68.